The predicted molar refractivity (Wildman–Crippen MR) is 80.8 cm³/mol. The van der Waals surface area contributed by atoms with Crippen molar-refractivity contribution < 1.29 is 4.79 Å². The first-order valence-corrected chi connectivity index (χ1v) is 7.37. The van der Waals surface area contributed by atoms with Crippen molar-refractivity contribution >= 4 is 23.4 Å². The molecule has 21 heavy (non-hydrogen) atoms. The van der Waals surface area contributed by atoms with E-state index >= 15 is 0 Å². The van der Waals surface area contributed by atoms with Gasteiger partial charge in [-0.1, -0.05) is 11.8 Å². The number of carbonyl (C=O) groups is 1. The summed E-state index contributed by atoms with van der Waals surface area (Å²) in [5.74, 6) is -0.115. The van der Waals surface area contributed by atoms with Gasteiger partial charge in [-0.2, -0.15) is 5.26 Å². The van der Waals surface area contributed by atoms with Gasteiger partial charge in [-0.3, -0.25) is 4.79 Å². The van der Waals surface area contributed by atoms with E-state index in [-0.39, 0.29) is 11.2 Å². The summed E-state index contributed by atoms with van der Waals surface area (Å²) in [6.45, 7) is 4.58. The number of hydrogen-bond acceptors (Lipinski definition) is 5. The highest BCUT2D eigenvalue weighted by Crippen LogP contribution is 2.22. The van der Waals surface area contributed by atoms with Crippen molar-refractivity contribution in [1.29, 1.82) is 5.26 Å². The van der Waals surface area contributed by atoms with E-state index in [1.807, 2.05) is 24.5 Å². The van der Waals surface area contributed by atoms with E-state index in [0.717, 1.165) is 11.7 Å². The summed E-state index contributed by atoms with van der Waals surface area (Å²) in [6, 6.07) is 8.79. The van der Waals surface area contributed by atoms with Gasteiger partial charge >= 0.3 is 0 Å². The van der Waals surface area contributed by atoms with Crippen LogP contribution in [0.25, 0.3) is 0 Å². The molecule has 0 aliphatic heterocycles. The molecular formula is C14H15N5OS. The summed E-state index contributed by atoms with van der Waals surface area (Å²) in [4.78, 5) is 12.1. The Hall–Kier alpha value is -2.33. The van der Waals surface area contributed by atoms with Crippen LogP contribution in [-0.2, 0) is 11.3 Å². The Labute approximate surface area is 127 Å². The third-order valence-electron chi connectivity index (χ3n) is 2.85. The Morgan fingerprint density at radius 1 is 1.48 bits per heavy atom. The highest BCUT2D eigenvalue weighted by molar-refractivity contribution is 8.00. The molecule has 6 nitrogen and oxygen atoms in total. The molecule has 2 aromatic rings. The standard InChI is InChI=1S/C14H15N5OS/c1-3-19-9-16-18-14(19)21-10(2)13(20)17-12-6-4-11(8-15)5-7-12/h4-7,9-10H,3H2,1-2H3,(H,17,20)/t10-/m0/s1. The minimum Gasteiger partial charge on any atom is -0.325 e. The van der Waals surface area contributed by atoms with Gasteiger partial charge in [-0.15, -0.1) is 10.2 Å². The first-order valence-electron chi connectivity index (χ1n) is 6.49. The fraction of sp³-hybridized carbons (Fsp3) is 0.286. The predicted octanol–water partition coefficient (Wildman–Crippen LogP) is 2.29. The first-order chi connectivity index (χ1) is 10.1. The van der Waals surface area contributed by atoms with Crippen LogP contribution in [0.5, 0.6) is 0 Å². The third kappa shape index (κ3) is 3.83. The molecule has 1 aromatic carbocycles. The Kier molecular flexibility index (Phi) is 4.95. The van der Waals surface area contributed by atoms with Gasteiger partial charge in [0.15, 0.2) is 5.16 Å². The van der Waals surface area contributed by atoms with Gasteiger partial charge in [0.25, 0.3) is 0 Å². The zero-order valence-corrected chi connectivity index (χ0v) is 12.6. The summed E-state index contributed by atoms with van der Waals surface area (Å²) < 4.78 is 1.89. The number of carbonyl (C=O) groups excluding carboxylic acids is 1. The number of aromatic nitrogens is 3. The topological polar surface area (TPSA) is 83.6 Å². The molecule has 1 amide bonds. The van der Waals surface area contributed by atoms with E-state index in [1.165, 1.54) is 11.8 Å². The lowest BCUT2D eigenvalue weighted by molar-refractivity contribution is -0.115. The Morgan fingerprint density at radius 2 is 2.19 bits per heavy atom. The van der Waals surface area contributed by atoms with Crippen LogP contribution in [0.3, 0.4) is 0 Å². The van der Waals surface area contributed by atoms with Crippen LogP contribution in [0, 0.1) is 11.3 Å². The molecule has 108 valence electrons. The molecule has 2 rings (SSSR count). The number of hydrogen-bond donors (Lipinski definition) is 1. The molecule has 1 aromatic heterocycles. The molecule has 0 saturated carbocycles. The van der Waals surface area contributed by atoms with Gasteiger partial charge in [0.1, 0.15) is 6.33 Å². The van der Waals surface area contributed by atoms with Crippen LogP contribution >= 0.6 is 11.8 Å². The van der Waals surface area contributed by atoms with E-state index in [2.05, 4.69) is 15.5 Å². The van der Waals surface area contributed by atoms with Crippen molar-refractivity contribution in [3.63, 3.8) is 0 Å². The van der Waals surface area contributed by atoms with E-state index in [4.69, 9.17) is 5.26 Å². The van der Waals surface area contributed by atoms with Crippen LogP contribution in [0.15, 0.2) is 35.7 Å². The largest absolute Gasteiger partial charge is 0.325 e. The quantitative estimate of drug-likeness (QED) is 0.857. The minimum absolute atomic E-state index is 0.115. The van der Waals surface area contributed by atoms with Crippen molar-refractivity contribution in [2.75, 3.05) is 5.32 Å². The van der Waals surface area contributed by atoms with Gasteiger partial charge in [0.05, 0.1) is 16.9 Å². The van der Waals surface area contributed by atoms with Crippen LogP contribution in [0.2, 0.25) is 0 Å². The lowest BCUT2D eigenvalue weighted by Gasteiger charge is -2.11. The highest BCUT2D eigenvalue weighted by atomic mass is 32.2. The molecule has 0 radical (unpaired) electrons. The van der Waals surface area contributed by atoms with Crippen LogP contribution in [-0.4, -0.2) is 25.9 Å². The van der Waals surface area contributed by atoms with E-state index < -0.39 is 0 Å². The average Bonchev–Trinajstić information content (AvgIpc) is 2.95. The van der Waals surface area contributed by atoms with Gasteiger partial charge in [0.2, 0.25) is 5.91 Å². The Morgan fingerprint density at radius 3 is 2.81 bits per heavy atom. The molecule has 1 atom stereocenters. The van der Waals surface area contributed by atoms with Gasteiger partial charge in [-0.05, 0) is 38.1 Å². The second-order valence-corrected chi connectivity index (χ2v) is 5.65. The van der Waals surface area contributed by atoms with Gasteiger partial charge < -0.3 is 9.88 Å². The molecule has 0 aliphatic rings. The zero-order chi connectivity index (χ0) is 15.2. The zero-order valence-electron chi connectivity index (χ0n) is 11.8. The monoisotopic (exact) mass is 301 g/mol. The summed E-state index contributed by atoms with van der Waals surface area (Å²) in [7, 11) is 0. The number of nitrogens with one attached hydrogen (secondary N) is 1. The Balaban J connectivity index is 1.97. The maximum Gasteiger partial charge on any atom is 0.237 e. The number of rotatable bonds is 5. The summed E-state index contributed by atoms with van der Waals surface area (Å²) in [6.07, 6.45) is 1.65. The number of benzene rings is 1. The second kappa shape index (κ2) is 6.90. The lowest BCUT2D eigenvalue weighted by atomic mass is 10.2. The van der Waals surface area contributed by atoms with Crippen LogP contribution in [0.1, 0.15) is 19.4 Å². The van der Waals surface area contributed by atoms with E-state index in [0.29, 0.717) is 11.3 Å². The summed E-state index contributed by atoms with van der Waals surface area (Å²) in [5.41, 5.74) is 1.23. The number of aryl methyl sites for hydroxylation is 1. The van der Waals surface area contributed by atoms with E-state index in [1.54, 1.807) is 30.6 Å². The summed E-state index contributed by atoms with van der Waals surface area (Å²) in [5, 5.41) is 19.8. The molecule has 0 fully saturated rings. The average molecular weight is 301 g/mol. The molecule has 0 saturated heterocycles. The van der Waals surface area contributed by atoms with E-state index in [9.17, 15) is 4.79 Å². The first kappa shape index (κ1) is 15.1. The maximum absolute atomic E-state index is 12.1. The molecule has 0 bridgehead atoms. The van der Waals surface area contributed by atoms with Crippen LogP contribution in [0.4, 0.5) is 5.69 Å². The molecule has 1 heterocycles. The smallest absolute Gasteiger partial charge is 0.237 e. The molecule has 7 heteroatoms. The SMILES string of the molecule is CCn1cnnc1S[C@@H](C)C(=O)Nc1ccc(C#N)cc1. The van der Waals surface area contributed by atoms with Crippen molar-refractivity contribution in [3.05, 3.63) is 36.2 Å². The van der Waals surface area contributed by atoms with Crippen molar-refractivity contribution in [3.8, 4) is 6.07 Å². The fourth-order valence-electron chi connectivity index (χ4n) is 1.64. The maximum atomic E-state index is 12.1. The summed E-state index contributed by atoms with van der Waals surface area (Å²) >= 11 is 1.36. The number of thioether (sulfide) groups is 1. The Bertz CT molecular complexity index is 659. The van der Waals surface area contributed by atoms with Crippen molar-refractivity contribution in [1.82, 2.24) is 14.8 Å². The third-order valence-corrected chi connectivity index (χ3v) is 3.95. The van der Waals surface area contributed by atoms with Gasteiger partial charge in [-0.25, -0.2) is 0 Å². The van der Waals surface area contributed by atoms with Crippen molar-refractivity contribution in [2.45, 2.75) is 30.8 Å². The number of nitriles is 1. The molecular weight excluding hydrogens is 286 g/mol. The number of nitrogens with zero attached hydrogens (tertiary/aromatic N) is 4. The fourth-order valence-corrected chi connectivity index (χ4v) is 2.52. The molecule has 0 spiro atoms. The molecule has 1 N–H and O–H groups in total. The lowest BCUT2D eigenvalue weighted by Crippen LogP contribution is -2.22. The molecule has 0 unspecified atom stereocenters. The number of anilines is 1. The normalized spacial score (nSPS) is 11.7. The number of amides is 1. The second-order valence-electron chi connectivity index (χ2n) is 4.34. The molecule has 0 aliphatic carbocycles. The minimum atomic E-state index is -0.296. The van der Waals surface area contributed by atoms with Crippen LogP contribution < -0.4 is 5.32 Å². The highest BCUT2D eigenvalue weighted by Gasteiger charge is 2.17. The van der Waals surface area contributed by atoms with Gasteiger partial charge in [0, 0.05) is 12.2 Å². The van der Waals surface area contributed by atoms with Crippen molar-refractivity contribution in [2.24, 2.45) is 0 Å².